The van der Waals surface area contributed by atoms with E-state index >= 15 is 0 Å². The van der Waals surface area contributed by atoms with Crippen LogP contribution in [0, 0.1) is 6.92 Å². The molecule has 3 nitrogen and oxygen atoms in total. The Morgan fingerprint density at radius 3 is 2.74 bits per heavy atom. The van der Waals surface area contributed by atoms with Crippen molar-refractivity contribution in [3.63, 3.8) is 0 Å². The number of amides is 1. The monoisotopic (exact) mass is 402 g/mol. The van der Waals surface area contributed by atoms with E-state index in [0.717, 1.165) is 10.0 Å². The van der Waals surface area contributed by atoms with Gasteiger partial charge >= 0.3 is 0 Å². The molecular weight excluding hydrogens is 395 g/mol. The molecule has 0 saturated carbocycles. The molecule has 98 valence electrons. The highest BCUT2D eigenvalue weighted by molar-refractivity contribution is 9.10. The van der Waals surface area contributed by atoms with Gasteiger partial charge in [0.2, 0.25) is 0 Å². The lowest BCUT2D eigenvalue weighted by Gasteiger charge is -2.08. The number of nitrogens with one attached hydrogen (secondary N) is 1. The van der Waals surface area contributed by atoms with E-state index < -0.39 is 0 Å². The third-order valence-corrected chi connectivity index (χ3v) is 4.09. The van der Waals surface area contributed by atoms with Crippen LogP contribution in [0.25, 0.3) is 0 Å². The minimum Gasteiger partial charge on any atom is -0.322 e. The maximum atomic E-state index is 12.1. The number of pyridine rings is 1. The summed E-state index contributed by atoms with van der Waals surface area (Å²) in [5.41, 5.74) is 2.08. The molecule has 0 aliphatic rings. The Bertz CT molecular complexity index is 647. The van der Waals surface area contributed by atoms with Crippen molar-refractivity contribution in [1.29, 1.82) is 0 Å². The number of rotatable bonds is 2. The first kappa shape index (κ1) is 14.5. The van der Waals surface area contributed by atoms with Crippen LogP contribution in [0.5, 0.6) is 0 Å². The molecule has 1 aromatic heterocycles. The molecule has 6 heteroatoms. The second-order valence-corrected chi connectivity index (χ2v) is 6.04. The van der Waals surface area contributed by atoms with Crippen LogP contribution in [0.1, 0.15) is 15.9 Å². The molecule has 0 aliphatic carbocycles. The van der Waals surface area contributed by atoms with E-state index in [4.69, 9.17) is 11.6 Å². The average Bonchev–Trinajstić information content (AvgIpc) is 2.36. The van der Waals surface area contributed by atoms with Gasteiger partial charge in [0.15, 0.2) is 0 Å². The lowest BCUT2D eigenvalue weighted by molar-refractivity contribution is 0.102. The van der Waals surface area contributed by atoms with Crippen molar-refractivity contribution in [2.24, 2.45) is 0 Å². The number of hydrogen-bond acceptors (Lipinski definition) is 2. The van der Waals surface area contributed by atoms with Crippen molar-refractivity contribution in [3.8, 4) is 0 Å². The number of halogens is 3. The van der Waals surface area contributed by atoms with Crippen LogP contribution in [-0.4, -0.2) is 10.9 Å². The van der Waals surface area contributed by atoms with E-state index in [1.165, 1.54) is 0 Å². The quantitative estimate of drug-likeness (QED) is 0.729. The highest BCUT2D eigenvalue weighted by Gasteiger charge is 2.12. The van der Waals surface area contributed by atoms with Crippen LogP contribution < -0.4 is 5.32 Å². The van der Waals surface area contributed by atoms with Crippen molar-refractivity contribution in [3.05, 3.63) is 55.7 Å². The minimum absolute atomic E-state index is 0.175. The van der Waals surface area contributed by atoms with Crippen molar-refractivity contribution in [2.75, 3.05) is 5.32 Å². The summed E-state index contributed by atoms with van der Waals surface area (Å²) >= 11 is 12.6. The third-order valence-electron chi connectivity index (χ3n) is 2.47. The van der Waals surface area contributed by atoms with Crippen LogP contribution in [-0.2, 0) is 0 Å². The van der Waals surface area contributed by atoms with Gasteiger partial charge in [-0.15, -0.1) is 0 Å². The van der Waals surface area contributed by atoms with Gasteiger partial charge in [-0.3, -0.25) is 4.79 Å². The number of anilines is 1. The summed E-state index contributed by atoms with van der Waals surface area (Å²) in [6, 6.07) is 7.21. The van der Waals surface area contributed by atoms with Crippen LogP contribution in [0.3, 0.4) is 0 Å². The lowest BCUT2D eigenvalue weighted by Crippen LogP contribution is -2.13. The molecule has 0 unspecified atom stereocenters. The lowest BCUT2D eigenvalue weighted by atomic mass is 10.2. The fourth-order valence-electron chi connectivity index (χ4n) is 1.50. The van der Waals surface area contributed by atoms with Crippen LogP contribution in [0.2, 0.25) is 5.15 Å². The molecule has 19 heavy (non-hydrogen) atoms. The van der Waals surface area contributed by atoms with Crippen LogP contribution in [0.15, 0.2) is 39.4 Å². The first-order chi connectivity index (χ1) is 8.97. The molecule has 0 bridgehead atoms. The summed E-state index contributed by atoms with van der Waals surface area (Å²) in [7, 11) is 0. The third kappa shape index (κ3) is 3.55. The van der Waals surface area contributed by atoms with Gasteiger partial charge in [0.05, 0.1) is 5.56 Å². The normalized spacial score (nSPS) is 10.3. The van der Waals surface area contributed by atoms with E-state index in [1.807, 2.05) is 25.1 Å². The highest BCUT2D eigenvalue weighted by atomic mass is 79.9. The molecule has 1 aromatic carbocycles. The SMILES string of the molecule is Cc1cc(NC(=O)c2cc(Br)cnc2Cl)ccc1Br. The summed E-state index contributed by atoms with van der Waals surface area (Å²) in [6.45, 7) is 1.95. The van der Waals surface area contributed by atoms with Crippen molar-refractivity contribution >= 4 is 55.1 Å². The molecule has 0 radical (unpaired) electrons. The summed E-state index contributed by atoms with van der Waals surface area (Å²) < 4.78 is 1.70. The molecule has 0 fully saturated rings. The zero-order valence-corrected chi connectivity index (χ0v) is 13.8. The maximum absolute atomic E-state index is 12.1. The minimum atomic E-state index is -0.291. The number of carbonyl (C=O) groups excluding carboxylic acids is 1. The Labute approximate surface area is 132 Å². The average molecular weight is 404 g/mol. The Morgan fingerprint density at radius 1 is 1.32 bits per heavy atom. The number of aryl methyl sites for hydroxylation is 1. The molecule has 1 amide bonds. The van der Waals surface area contributed by atoms with Crippen molar-refractivity contribution in [1.82, 2.24) is 4.98 Å². The molecule has 1 heterocycles. The largest absolute Gasteiger partial charge is 0.322 e. The predicted molar refractivity (Wildman–Crippen MR) is 83.8 cm³/mol. The zero-order chi connectivity index (χ0) is 14.0. The number of hydrogen-bond donors (Lipinski definition) is 1. The highest BCUT2D eigenvalue weighted by Crippen LogP contribution is 2.22. The van der Waals surface area contributed by atoms with E-state index in [1.54, 1.807) is 12.3 Å². The topological polar surface area (TPSA) is 42.0 Å². The van der Waals surface area contributed by atoms with E-state index in [-0.39, 0.29) is 11.1 Å². The van der Waals surface area contributed by atoms with Gasteiger partial charge in [-0.2, -0.15) is 0 Å². The Kier molecular flexibility index (Phi) is 4.60. The number of nitrogens with zero attached hydrogens (tertiary/aromatic N) is 1. The molecular formula is C13H9Br2ClN2O. The molecule has 0 saturated heterocycles. The van der Waals surface area contributed by atoms with Gasteiger partial charge in [-0.1, -0.05) is 27.5 Å². The first-order valence-corrected chi connectivity index (χ1v) is 7.32. The summed E-state index contributed by atoms with van der Waals surface area (Å²) in [4.78, 5) is 16.0. The van der Waals surface area contributed by atoms with E-state index in [0.29, 0.717) is 15.7 Å². The zero-order valence-electron chi connectivity index (χ0n) is 9.88. The van der Waals surface area contributed by atoms with Gasteiger partial charge in [-0.25, -0.2) is 4.98 Å². The van der Waals surface area contributed by atoms with Crippen molar-refractivity contribution in [2.45, 2.75) is 6.92 Å². The Hall–Kier alpha value is -0.910. The second kappa shape index (κ2) is 6.03. The summed E-state index contributed by atoms with van der Waals surface area (Å²) in [6.07, 6.45) is 1.54. The standard InChI is InChI=1S/C13H9Br2ClN2O/c1-7-4-9(2-3-11(7)15)18-13(19)10-5-8(14)6-17-12(10)16/h2-6H,1H3,(H,18,19). The van der Waals surface area contributed by atoms with E-state index in [2.05, 4.69) is 42.2 Å². The molecule has 0 atom stereocenters. The Morgan fingerprint density at radius 2 is 2.05 bits per heavy atom. The van der Waals surface area contributed by atoms with Gasteiger partial charge in [0.25, 0.3) is 5.91 Å². The summed E-state index contributed by atoms with van der Waals surface area (Å²) in [5.74, 6) is -0.291. The number of carbonyl (C=O) groups is 1. The number of benzene rings is 1. The van der Waals surface area contributed by atoms with Gasteiger partial charge in [0.1, 0.15) is 5.15 Å². The van der Waals surface area contributed by atoms with Crippen LogP contribution >= 0.6 is 43.5 Å². The van der Waals surface area contributed by atoms with Crippen molar-refractivity contribution < 1.29 is 4.79 Å². The number of aromatic nitrogens is 1. The maximum Gasteiger partial charge on any atom is 0.258 e. The van der Waals surface area contributed by atoms with E-state index in [9.17, 15) is 4.79 Å². The second-order valence-electron chi connectivity index (χ2n) is 3.91. The van der Waals surface area contributed by atoms with Gasteiger partial charge < -0.3 is 5.32 Å². The molecule has 2 rings (SSSR count). The smallest absolute Gasteiger partial charge is 0.258 e. The van der Waals surface area contributed by atoms with Crippen LogP contribution in [0.4, 0.5) is 5.69 Å². The first-order valence-electron chi connectivity index (χ1n) is 5.36. The fourth-order valence-corrected chi connectivity index (χ4v) is 2.27. The predicted octanol–water partition coefficient (Wildman–Crippen LogP) is 4.82. The molecule has 0 aliphatic heterocycles. The summed E-state index contributed by atoms with van der Waals surface area (Å²) in [5, 5.41) is 2.96. The Balaban J connectivity index is 2.25. The van der Waals surface area contributed by atoms with Gasteiger partial charge in [0, 0.05) is 20.8 Å². The fraction of sp³-hybridized carbons (Fsp3) is 0.0769. The molecule has 1 N–H and O–H groups in total. The molecule has 2 aromatic rings. The van der Waals surface area contributed by atoms with Gasteiger partial charge in [-0.05, 0) is 52.7 Å². The molecule has 0 spiro atoms.